The summed E-state index contributed by atoms with van der Waals surface area (Å²) in [5.41, 5.74) is -0.928. The molecule has 0 fully saturated rings. The van der Waals surface area contributed by atoms with Crippen LogP contribution < -0.4 is 5.32 Å². The van der Waals surface area contributed by atoms with E-state index in [0.717, 1.165) is 0 Å². The molecule has 2 aromatic rings. The summed E-state index contributed by atoms with van der Waals surface area (Å²) >= 11 is 5.73. The average Bonchev–Trinajstić information content (AvgIpc) is 2.60. The number of rotatable bonds is 6. The van der Waals surface area contributed by atoms with Crippen LogP contribution in [0.3, 0.4) is 0 Å². The second kappa shape index (κ2) is 7.97. The Labute approximate surface area is 155 Å². The van der Waals surface area contributed by atoms with Gasteiger partial charge in [-0.3, -0.25) is 4.79 Å². The Bertz CT molecular complexity index is 834. The third-order valence-corrected chi connectivity index (χ3v) is 3.58. The molecule has 0 radical (unpaired) electrons. The quantitative estimate of drug-likeness (QED) is 0.751. The van der Waals surface area contributed by atoms with Crippen LogP contribution in [-0.2, 0) is 4.74 Å². The third-order valence-electron chi connectivity index (χ3n) is 3.35. The lowest BCUT2D eigenvalue weighted by atomic mass is 10.1. The number of pyridine rings is 1. The molecule has 26 heavy (non-hydrogen) atoms. The van der Waals surface area contributed by atoms with Gasteiger partial charge in [0.15, 0.2) is 0 Å². The lowest BCUT2D eigenvalue weighted by Gasteiger charge is -2.25. The van der Waals surface area contributed by atoms with E-state index in [-0.39, 0.29) is 23.4 Å². The predicted molar refractivity (Wildman–Crippen MR) is 94.5 cm³/mol. The minimum absolute atomic E-state index is 0.0542. The SMILES string of the molecule is CC(C)(COC(=O)c1ccccc1C(=O)O)NC(=O)c1ccc(Cl)cn1. The Balaban J connectivity index is 2.01. The molecular weight excluding hydrogens is 360 g/mol. The van der Waals surface area contributed by atoms with Crippen LogP contribution in [0.5, 0.6) is 0 Å². The number of hydrogen-bond donors (Lipinski definition) is 2. The van der Waals surface area contributed by atoms with Gasteiger partial charge in [0.2, 0.25) is 0 Å². The van der Waals surface area contributed by atoms with Crippen molar-refractivity contribution in [3.8, 4) is 0 Å². The summed E-state index contributed by atoms with van der Waals surface area (Å²) in [6.07, 6.45) is 1.35. The van der Waals surface area contributed by atoms with Gasteiger partial charge >= 0.3 is 11.9 Å². The number of nitrogens with one attached hydrogen (secondary N) is 1. The van der Waals surface area contributed by atoms with Crippen LogP contribution in [0.1, 0.15) is 45.1 Å². The van der Waals surface area contributed by atoms with Crippen LogP contribution in [0.4, 0.5) is 0 Å². The summed E-state index contributed by atoms with van der Waals surface area (Å²) < 4.78 is 5.18. The largest absolute Gasteiger partial charge is 0.478 e. The molecule has 2 N–H and O–H groups in total. The molecule has 0 atom stereocenters. The number of amides is 1. The van der Waals surface area contributed by atoms with E-state index in [9.17, 15) is 14.4 Å². The Morgan fingerprint density at radius 3 is 2.38 bits per heavy atom. The minimum Gasteiger partial charge on any atom is -0.478 e. The van der Waals surface area contributed by atoms with Crippen LogP contribution >= 0.6 is 11.6 Å². The highest BCUT2D eigenvalue weighted by Crippen LogP contribution is 2.13. The number of nitrogens with zero attached hydrogens (tertiary/aromatic N) is 1. The number of hydrogen-bond acceptors (Lipinski definition) is 5. The first-order chi connectivity index (χ1) is 12.2. The molecule has 1 heterocycles. The van der Waals surface area contributed by atoms with Crippen molar-refractivity contribution < 1.29 is 24.2 Å². The summed E-state index contributed by atoms with van der Waals surface area (Å²) in [6, 6.07) is 8.76. The fourth-order valence-electron chi connectivity index (χ4n) is 2.09. The van der Waals surface area contributed by atoms with Crippen LogP contribution in [0.2, 0.25) is 5.02 Å². The van der Waals surface area contributed by atoms with Crippen molar-refractivity contribution in [1.82, 2.24) is 10.3 Å². The van der Waals surface area contributed by atoms with E-state index in [1.165, 1.54) is 30.5 Å². The van der Waals surface area contributed by atoms with Gasteiger partial charge in [0, 0.05) is 6.20 Å². The van der Waals surface area contributed by atoms with E-state index in [0.29, 0.717) is 5.02 Å². The van der Waals surface area contributed by atoms with E-state index < -0.39 is 23.4 Å². The molecule has 8 heteroatoms. The number of esters is 1. The topological polar surface area (TPSA) is 106 Å². The maximum Gasteiger partial charge on any atom is 0.339 e. The fraction of sp³-hybridized carbons (Fsp3) is 0.222. The summed E-state index contributed by atoms with van der Waals surface area (Å²) in [7, 11) is 0. The van der Waals surface area contributed by atoms with Crippen molar-refractivity contribution >= 4 is 29.4 Å². The summed E-state index contributed by atoms with van der Waals surface area (Å²) in [5.74, 6) is -2.46. The Morgan fingerprint density at radius 2 is 1.81 bits per heavy atom. The van der Waals surface area contributed by atoms with Gasteiger partial charge in [0.1, 0.15) is 12.3 Å². The van der Waals surface area contributed by atoms with Crippen molar-refractivity contribution in [2.75, 3.05) is 6.61 Å². The Kier molecular flexibility index (Phi) is 5.94. The van der Waals surface area contributed by atoms with Gasteiger partial charge < -0.3 is 15.2 Å². The molecule has 0 spiro atoms. The van der Waals surface area contributed by atoms with Crippen molar-refractivity contribution in [3.63, 3.8) is 0 Å². The molecule has 0 aliphatic carbocycles. The number of carboxylic acid groups (broad SMARTS) is 1. The number of carboxylic acids is 1. The molecule has 0 saturated heterocycles. The zero-order valence-electron chi connectivity index (χ0n) is 14.2. The number of halogens is 1. The molecule has 2 rings (SSSR count). The van der Waals surface area contributed by atoms with Crippen molar-refractivity contribution in [2.24, 2.45) is 0 Å². The van der Waals surface area contributed by atoms with Crippen LogP contribution in [-0.4, -0.2) is 40.1 Å². The van der Waals surface area contributed by atoms with Crippen LogP contribution in [0, 0.1) is 0 Å². The van der Waals surface area contributed by atoms with E-state index >= 15 is 0 Å². The molecule has 0 aliphatic rings. The van der Waals surface area contributed by atoms with Gasteiger partial charge in [0.25, 0.3) is 5.91 Å². The fourth-order valence-corrected chi connectivity index (χ4v) is 2.20. The standard InChI is InChI=1S/C18H17ClN2O5/c1-18(2,21-15(22)14-8-7-11(19)9-20-14)10-26-17(25)13-6-4-3-5-12(13)16(23)24/h3-9H,10H2,1-2H3,(H,21,22)(H,23,24). The first-order valence-corrected chi connectivity index (χ1v) is 8.01. The van der Waals surface area contributed by atoms with Gasteiger partial charge in [-0.2, -0.15) is 0 Å². The van der Waals surface area contributed by atoms with Gasteiger partial charge in [-0.15, -0.1) is 0 Å². The Morgan fingerprint density at radius 1 is 1.15 bits per heavy atom. The number of carbonyl (C=O) groups is 3. The van der Waals surface area contributed by atoms with Crippen LogP contribution in [0.25, 0.3) is 0 Å². The van der Waals surface area contributed by atoms with Crippen molar-refractivity contribution in [1.29, 1.82) is 0 Å². The molecule has 0 unspecified atom stereocenters. The molecular formula is C18H17ClN2O5. The van der Waals surface area contributed by atoms with Crippen molar-refractivity contribution in [3.05, 3.63) is 64.4 Å². The third kappa shape index (κ3) is 5.03. The number of aromatic nitrogens is 1. The number of carbonyl (C=O) groups excluding carboxylic acids is 2. The molecule has 0 bridgehead atoms. The van der Waals surface area contributed by atoms with E-state index in [4.69, 9.17) is 21.4 Å². The second-order valence-electron chi connectivity index (χ2n) is 6.13. The van der Waals surface area contributed by atoms with Gasteiger partial charge in [-0.05, 0) is 38.1 Å². The lowest BCUT2D eigenvalue weighted by Crippen LogP contribution is -2.47. The van der Waals surface area contributed by atoms with Gasteiger partial charge in [-0.25, -0.2) is 14.6 Å². The lowest BCUT2D eigenvalue weighted by molar-refractivity contribution is 0.0384. The smallest absolute Gasteiger partial charge is 0.339 e. The van der Waals surface area contributed by atoms with E-state index in [1.54, 1.807) is 26.0 Å². The first kappa shape index (κ1) is 19.4. The molecule has 136 valence electrons. The first-order valence-electron chi connectivity index (χ1n) is 7.63. The summed E-state index contributed by atoms with van der Waals surface area (Å²) in [6.45, 7) is 3.17. The predicted octanol–water partition coefficient (Wildman–Crippen LogP) is 2.80. The number of benzene rings is 1. The zero-order valence-corrected chi connectivity index (χ0v) is 14.9. The minimum atomic E-state index is -1.22. The van der Waals surface area contributed by atoms with E-state index in [1.807, 2.05) is 0 Å². The van der Waals surface area contributed by atoms with Crippen LogP contribution in [0.15, 0.2) is 42.6 Å². The highest BCUT2D eigenvalue weighted by Gasteiger charge is 2.25. The van der Waals surface area contributed by atoms with Gasteiger partial charge in [0.05, 0.1) is 21.7 Å². The van der Waals surface area contributed by atoms with Crippen molar-refractivity contribution in [2.45, 2.75) is 19.4 Å². The zero-order chi connectivity index (χ0) is 19.3. The molecule has 0 saturated carbocycles. The summed E-state index contributed by atoms with van der Waals surface area (Å²) in [5, 5.41) is 12.2. The highest BCUT2D eigenvalue weighted by atomic mass is 35.5. The number of ether oxygens (including phenoxy) is 1. The molecule has 1 aromatic carbocycles. The maximum absolute atomic E-state index is 12.2. The van der Waals surface area contributed by atoms with E-state index in [2.05, 4.69) is 10.3 Å². The molecule has 1 amide bonds. The maximum atomic E-state index is 12.2. The monoisotopic (exact) mass is 376 g/mol. The normalized spacial score (nSPS) is 10.9. The highest BCUT2D eigenvalue weighted by molar-refractivity contribution is 6.30. The number of aromatic carboxylic acids is 1. The average molecular weight is 377 g/mol. The molecule has 7 nitrogen and oxygen atoms in total. The molecule has 1 aromatic heterocycles. The Hall–Kier alpha value is -2.93. The molecule has 0 aliphatic heterocycles. The van der Waals surface area contributed by atoms with Gasteiger partial charge in [-0.1, -0.05) is 23.7 Å². The second-order valence-corrected chi connectivity index (χ2v) is 6.56. The summed E-state index contributed by atoms with van der Waals surface area (Å²) in [4.78, 5) is 39.5.